The van der Waals surface area contributed by atoms with Crippen LogP contribution in [0.5, 0.6) is 11.5 Å². The minimum atomic E-state index is -0.285. The summed E-state index contributed by atoms with van der Waals surface area (Å²) in [6.45, 7) is 2.91. The zero-order valence-electron chi connectivity index (χ0n) is 17.4. The van der Waals surface area contributed by atoms with Gasteiger partial charge < -0.3 is 9.47 Å². The molecule has 0 unspecified atom stereocenters. The molecule has 0 aliphatic carbocycles. The third kappa shape index (κ3) is 3.68. The molecule has 1 aliphatic heterocycles. The number of ketones is 1. The lowest BCUT2D eigenvalue weighted by molar-refractivity contribution is -0.117. The lowest BCUT2D eigenvalue weighted by Gasteiger charge is -2.32. The van der Waals surface area contributed by atoms with E-state index in [0.717, 1.165) is 5.56 Å². The van der Waals surface area contributed by atoms with Crippen LogP contribution in [0.2, 0.25) is 0 Å². The van der Waals surface area contributed by atoms with E-state index < -0.39 is 0 Å². The van der Waals surface area contributed by atoms with Crippen LogP contribution in [0.25, 0.3) is 17.1 Å². The molecule has 1 aliphatic rings. The summed E-state index contributed by atoms with van der Waals surface area (Å²) in [7, 11) is 3.16. The van der Waals surface area contributed by atoms with Gasteiger partial charge in [0.2, 0.25) is 11.1 Å². The van der Waals surface area contributed by atoms with Crippen molar-refractivity contribution in [2.75, 3.05) is 19.2 Å². The van der Waals surface area contributed by atoms with Crippen LogP contribution in [0, 0.1) is 0 Å². The standard InChI is InChI=1S/C22H20N4O4S/c1-13(27)20-19(16-6-5-7-18(12-16)30-4)25(14(2)28)26-21(23-24-22(26)31-20)15-8-10-17(29-3)11-9-15/h5-12H,1-4H3. The second kappa shape index (κ2) is 8.27. The Balaban J connectivity index is 1.93. The maximum atomic E-state index is 12.9. The van der Waals surface area contributed by atoms with E-state index in [1.165, 1.54) is 30.6 Å². The molecule has 31 heavy (non-hydrogen) atoms. The van der Waals surface area contributed by atoms with Gasteiger partial charge >= 0.3 is 0 Å². The van der Waals surface area contributed by atoms with Crippen molar-refractivity contribution in [1.82, 2.24) is 14.9 Å². The monoisotopic (exact) mass is 436 g/mol. The van der Waals surface area contributed by atoms with E-state index in [-0.39, 0.29) is 11.7 Å². The van der Waals surface area contributed by atoms with Gasteiger partial charge in [0.25, 0.3) is 0 Å². The lowest BCUT2D eigenvalue weighted by atomic mass is 10.1. The third-order valence-corrected chi connectivity index (χ3v) is 5.86. The Morgan fingerprint density at radius 3 is 2.23 bits per heavy atom. The van der Waals surface area contributed by atoms with Gasteiger partial charge in [-0.2, -0.15) is 4.68 Å². The second-order valence-corrected chi connectivity index (χ2v) is 7.72. The Labute approximate surface area is 183 Å². The highest BCUT2D eigenvalue weighted by atomic mass is 32.2. The number of hydrogen-bond donors (Lipinski definition) is 0. The van der Waals surface area contributed by atoms with E-state index in [4.69, 9.17) is 9.47 Å². The maximum Gasteiger partial charge on any atom is 0.243 e. The van der Waals surface area contributed by atoms with Crippen molar-refractivity contribution < 1.29 is 19.1 Å². The molecule has 3 aromatic rings. The SMILES string of the molecule is COc1ccc(-c2nnc3n2N(C(C)=O)C(c2cccc(OC)c2)=C(C(C)=O)S3)cc1. The van der Waals surface area contributed by atoms with Crippen LogP contribution in [-0.2, 0) is 9.59 Å². The fourth-order valence-electron chi connectivity index (χ4n) is 3.33. The quantitative estimate of drug-likeness (QED) is 0.605. The molecule has 9 heteroatoms. The summed E-state index contributed by atoms with van der Waals surface area (Å²) in [5.41, 5.74) is 1.89. The lowest BCUT2D eigenvalue weighted by Crippen LogP contribution is -2.41. The van der Waals surface area contributed by atoms with E-state index >= 15 is 0 Å². The molecule has 4 rings (SSSR count). The molecule has 2 aromatic carbocycles. The molecule has 1 amide bonds. The number of fused-ring (bicyclic) bond motifs is 1. The number of hydrogen-bond acceptors (Lipinski definition) is 7. The minimum Gasteiger partial charge on any atom is -0.497 e. The summed E-state index contributed by atoms with van der Waals surface area (Å²) in [6, 6.07) is 14.5. The van der Waals surface area contributed by atoms with Crippen LogP contribution in [-0.4, -0.2) is 40.8 Å². The molecular formula is C22H20N4O4S. The first kappa shape index (κ1) is 20.7. The number of benzene rings is 2. The summed E-state index contributed by atoms with van der Waals surface area (Å²) in [4.78, 5) is 25.8. The highest BCUT2D eigenvalue weighted by molar-refractivity contribution is 8.04. The Morgan fingerprint density at radius 1 is 0.903 bits per heavy atom. The van der Waals surface area contributed by atoms with Crippen molar-refractivity contribution in [1.29, 1.82) is 0 Å². The highest BCUT2D eigenvalue weighted by Gasteiger charge is 2.35. The molecule has 2 heterocycles. The Bertz CT molecular complexity index is 1200. The van der Waals surface area contributed by atoms with Gasteiger partial charge in [0.05, 0.1) is 24.8 Å². The first-order valence-electron chi connectivity index (χ1n) is 9.43. The molecule has 0 N–H and O–H groups in total. The zero-order chi connectivity index (χ0) is 22.1. The molecule has 1 aromatic heterocycles. The predicted octanol–water partition coefficient (Wildman–Crippen LogP) is 3.51. The number of rotatable bonds is 5. The molecule has 0 atom stereocenters. The van der Waals surface area contributed by atoms with Crippen molar-refractivity contribution in [2.24, 2.45) is 0 Å². The van der Waals surface area contributed by atoms with E-state index in [1.807, 2.05) is 36.4 Å². The largest absolute Gasteiger partial charge is 0.497 e. The van der Waals surface area contributed by atoms with Crippen LogP contribution < -0.4 is 14.5 Å². The first-order chi connectivity index (χ1) is 14.9. The molecule has 0 bridgehead atoms. The average Bonchev–Trinajstić information content (AvgIpc) is 3.21. The minimum absolute atomic E-state index is 0.172. The van der Waals surface area contributed by atoms with Crippen molar-refractivity contribution >= 4 is 29.1 Å². The van der Waals surface area contributed by atoms with Crippen molar-refractivity contribution in [2.45, 2.75) is 19.0 Å². The molecule has 0 radical (unpaired) electrons. The van der Waals surface area contributed by atoms with E-state index in [1.54, 1.807) is 31.0 Å². The molecule has 0 spiro atoms. The number of aromatic nitrogens is 3. The summed E-state index contributed by atoms with van der Waals surface area (Å²) in [5.74, 6) is 1.34. The zero-order valence-corrected chi connectivity index (χ0v) is 18.3. The van der Waals surface area contributed by atoms with Gasteiger partial charge in [-0.3, -0.25) is 9.59 Å². The Morgan fingerprint density at radius 2 is 1.61 bits per heavy atom. The second-order valence-electron chi connectivity index (χ2n) is 6.75. The predicted molar refractivity (Wildman–Crippen MR) is 117 cm³/mol. The van der Waals surface area contributed by atoms with Gasteiger partial charge in [0.15, 0.2) is 11.6 Å². The normalized spacial score (nSPS) is 13.1. The summed E-state index contributed by atoms with van der Waals surface area (Å²) in [5, 5.41) is 10.4. The van der Waals surface area contributed by atoms with Crippen LogP contribution in [0.4, 0.5) is 0 Å². The number of ether oxygens (including phenoxy) is 2. The van der Waals surface area contributed by atoms with Crippen molar-refractivity contribution in [3.05, 3.63) is 59.0 Å². The van der Waals surface area contributed by atoms with Gasteiger partial charge in [0, 0.05) is 18.1 Å². The number of allylic oxidation sites excluding steroid dienone is 1. The van der Waals surface area contributed by atoms with Crippen LogP contribution in [0.15, 0.2) is 58.6 Å². The molecule has 0 fully saturated rings. The fraction of sp³-hybridized carbons (Fsp3) is 0.182. The summed E-state index contributed by atoms with van der Waals surface area (Å²) < 4.78 is 12.2. The van der Waals surface area contributed by atoms with E-state index in [2.05, 4.69) is 10.2 Å². The Kier molecular flexibility index (Phi) is 5.51. The number of carbonyl (C=O) groups excluding carboxylic acids is 2. The molecule has 158 valence electrons. The van der Waals surface area contributed by atoms with Gasteiger partial charge in [-0.1, -0.05) is 12.1 Å². The fourth-order valence-corrected chi connectivity index (χ4v) is 4.29. The molecular weight excluding hydrogens is 416 g/mol. The maximum absolute atomic E-state index is 12.9. The molecule has 0 saturated carbocycles. The topological polar surface area (TPSA) is 86.6 Å². The number of amides is 1. The number of Topliss-reactive ketones (excluding diaryl/α,β-unsaturated/α-hetero) is 1. The third-order valence-electron chi connectivity index (χ3n) is 4.74. The smallest absolute Gasteiger partial charge is 0.243 e. The number of carbonyl (C=O) groups is 2. The van der Waals surface area contributed by atoms with E-state index in [9.17, 15) is 9.59 Å². The van der Waals surface area contributed by atoms with Crippen LogP contribution in [0.1, 0.15) is 19.4 Å². The molecule has 8 nitrogen and oxygen atoms in total. The number of nitrogens with zero attached hydrogens (tertiary/aromatic N) is 4. The van der Waals surface area contributed by atoms with Crippen molar-refractivity contribution in [3.63, 3.8) is 0 Å². The Hall–Kier alpha value is -3.59. The average molecular weight is 436 g/mol. The van der Waals surface area contributed by atoms with Gasteiger partial charge in [-0.25, -0.2) is 5.01 Å². The van der Waals surface area contributed by atoms with Crippen LogP contribution in [0.3, 0.4) is 0 Å². The number of methoxy groups -OCH3 is 2. The van der Waals surface area contributed by atoms with Gasteiger partial charge in [-0.15, -0.1) is 10.2 Å². The van der Waals surface area contributed by atoms with Gasteiger partial charge in [-0.05, 0) is 55.1 Å². The van der Waals surface area contributed by atoms with Crippen LogP contribution >= 0.6 is 11.8 Å². The first-order valence-corrected chi connectivity index (χ1v) is 10.2. The van der Waals surface area contributed by atoms with Gasteiger partial charge in [0.1, 0.15) is 11.5 Å². The van der Waals surface area contributed by atoms with Crippen molar-refractivity contribution in [3.8, 4) is 22.9 Å². The number of thioether (sulfide) groups is 1. The molecule has 0 saturated heterocycles. The van der Waals surface area contributed by atoms with E-state index in [0.29, 0.717) is 38.6 Å². The highest BCUT2D eigenvalue weighted by Crippen LogP contribution is 2.41. The summed E-state index contributed by atoms with van der Waals surface area (Å²) >= 11 is 1.19. The summed E-state index contributed by atoms with van der Waals surface area (Å²) in [6.07, 6.45) is 0.